The molecule has 0 unspecified atom stereocenters. The Balaban J connectivity index is 0.000000252. The molecule has 0 aliphatic carbocycles. The third-order valence-corrected chi connectivity index (χ3v) is 1.70. The van der Waals surface area contributed by atoms with Gasteiger partial charge in [0.25, 0.3) is 0 Å². The number of rotatable bonds is 2. The number of carbonyl (C=O) groups is 1. The topological polar surface area (TPSA) is 35.5 Å². The fourth-order valence-electron chi connectivity index (χ4n) is 1.01. The van der Waals surface area contributed by atoms with Crippen LogP contribution in [0.2, 0.25) is 0 Å². The van der Waals surface area contributed by atoms with Gasteiger partial charge in [-0.3, -0.25) is 4.79 Å². The van der Waals surface area contributed by atoms with E-state index in [2.05, 4.69) is 0 Å². The Morgan fingerprint density at radius 2 is 1.92 bits per heavy atom. The largest absolute Gasteiger partial charge is 0.466 e. The highest BCUT2D eigenvalue weighted by atomic mass is 16.5. The summed E-state index contributed by atoms with van der Waals surface area (Å²) in [5.74, 6) is -0.0255. The first-order valence-electron chi connectivity index (χ1n) is 5.04. The number of hydrogen-bond acceptors (Lipinski definition) is 3. The molecular formula is C10H20O3. The van der Waals surface area contributed by atoms with Crippen molar-refractivity contribution in [3.05, 3.63) is 0 Å². The highest BCUT2D eigenvalue weighted by Crippen LogP contribution is 2.06. The van der Waals surface area contributed by atoms with E-state index in [1.54, 1.807) is 0 Å². The summed E-state index contributed by atoms with van der Waals surface area (Å²) < 4.78 is 9.60. The van der Waals surface area contributed by atoms with Crippen molar-refractivity contribution in [1.82, 2.24) is 0 Å². The van der Waals surface area contributed by atoms with Gasteiger partial charge in [0.2, 0.25) is 0 Å². The minimum atomic E-state index is -0.0255. The fourth-order valence-corrected chi connectivity index (χ4v) is 1.01. The Kier molecular flexibility index (Phi) is 9.10. The lowest BCUT2D eigenvalue weighted by Crippen LogP contribution is -2.00. The van der Waals surface area contributed by atoms with E-state index >= 15 is 0 Å². The summed E-state index contributed by atoms with van der Waals surface area (Å²) in [5, 5.41) is 0. The van der Waals surface area contributed by atoms with E-state index in [1.165, 1.54) is 0 Å². The van der Waals surface area contributed by atoms with Gasteiger partial charge in [-0.25, -0.2) is 0 Å². The molecule has 0 spiro atoms. The highest BCUT2D eigenvalue weighted by molar-refractivity contribution is 5.69. The van der Waals surface area contributed by atoms with E-state index in [-0.39, 0.29) is 5.97 Å². The van der Waals surface area contributed by atoms with Crippen LogP contribution in [-0.4, -0.2) is 25.8 Å². The van der Waals surface area contributed by atoms with Crippen LogP contribution < -0.4 is 0 Å². The van der Waals surface area contributed by atoms with Crippen LogP contribution in [-0.2, 0) is 14.3 Å². The van der Waals surface area contributed by atoms with Gasteiger partial charge in [0.15, 0.2) is 0 Å². The predicted octanol–water partition coefficient (Wildman–Crippen LogP) is 2.15. The van der Waals surface area contributed by atoms with Crippen LogP contribution in [0.4, 0.5) is 0 Å². The molecule has 1 saturated heterocycles. The smallest absolute Gasteiger partial charge is 0.305 e. The van der Waals surface area contributed by atoms with Crippen molar-refractivity contribution in [2.45, 2.75) is 39.5 Å². The van der Waals surface area contributed by atoms with Gasteiger partial charge in [-0.05, 0) is 33.1 Å². The number of hydrogen-bond donors (Lipinski definition) is 0. The van der Waals surface area contributed by atoms with Crippen LogP contribution in [0.3, 0.4) is 0 Å². The van der Waals surface area contributed by atoms with E-state index in [4.69, 9.17) is 9.47 Å². The van der Waals surface area contributed by atoms with Gasteiger partial charge < -0.3 is 9.47 Å². The first-order valence-corrected chi connectivity index (χ1v) is 5.04. The van der Waals surface area contributed by atoms with Gasteiger partial charge in [-0.2, -0.15) is 0 Å². The average Bonchev–Trinajstić information content (AvgIpc) is 2.35. The van der Waals surface area contributed by atoms with Crippen LogP contribution in [0, 0.1) is 0 Å². The van der Waals surface area contributed by atoms with E-state index in [1.807, 2.05) is 13.8 Å². The quantitative estimate of drug-likeness (QED) is 0.623. The van der Waals surface area contributed by atoms with Crippen molar-refractivity contribution < 1.29 is 14.3 Å². The standard InChI is InChI=1S/C6H10O2.C4H10O/c7-6-4-2-1-3-5-8-6;1-3-5-4-2/h1-5H2;3-4H2,1-2H3. The molecule has 3 heteroatoms. The molecule has 13 heavy (non-hydrogen) atoms. The average molecular weight is 188 g/mol. The van der Waals surface area contributed by atoms with Crippen LogP contribution >= 0.6 is 0 Å². The first kappa shape index (κ1) is 12.4. The van der Waals surface area contributed by atoms with Crippen molar-refractivity contribution in [3.63, 3.8) is 0 Å². The van der Waals surface area contributed by atoms with Crippen LogP contribution in [0.15, 0.2) is 0 Å². The van der Waals surface area contributed by atoms with Crippen molar-refractivity contribution in [1.29, 1.82) is 0 Å². The molecule has 0 bridgehead atoms. The molecule has 3 nitrogen and oxygen atoms in total. The second-order valence-electron chi connectivity index (χ2n) is 2.81. The normalized spacial score (nSPS) is 16.6. The third-order valence-electron chi connectivity index (χ3n) is 1.70. The summed E-state index contributed by atoms with van der Waals surface area (Å²) in [4.78, 5) is 10.5. The number of cyclic esters (lactones) is 1. The van der Waals surface area contributed by atoms with Crippen LogP contribution in [0.1, 0.15) is 39.5 Å². The molecule has 1 aliphatic rings. The van der Waals surface area contributed by atoms with Crippen molar-refractivity contribution in [3.8, 4) is 0 Å². The second-order valence-corrected chi connectivity index (χ2v) is 2.81. The second kappa shape index (κ2) is 9.52. The molecule has 78 valence electrons. The molecule has 0 radical (unpaired) electrons. The third kappa shape index (κ3) is 9.34. The molecule has 0 amide bonds. The maximum atomic E-state index is 10.5. The van der Waals surface area contributed by atoms with Gasteiger partial charge in [0.1, 0.15) is 0 Å². The Labute approximate surface area is 80.4 Å². The molecule has 1 rings (SSSR count). The minimum Gasteiger partial charge on any atom is -0.466 e. The summed E-state index contributed by atoms with van der Waals surface area (Å²) in [7, 11) is 0. The fraction of sp³-hybridized carbons (Fsp3) is 0.900. The van der Waals surface area contributed by atoms with Gasteiger partial charge in [-0.1, -0.05) is 0 Å². The highest BCUT2D eigenvalue weighted by Gasteiger charge is 2.05. The number of ether oxygens (including phenoxy) is 2. The zero-order valence-corrected chi connectivity index (χ0v) is 8.67. The molecule has 0 saturated carbocycles. The maximum Gasteiger partial charge on any atom is 0.305 e. The van der Waals surface area contributed by atoms with Gasteiger partial charge in [-0.15, -0.1) is 0 Å². The SMILES string of the molecule is CCOCC.O=C1CCCCCO1. The Morgan fingerprint density at radius 1 is 1.23 bits per heavy atom. The van der Waals surface area contributed by atoms with E-state index in [0.717, 1.165) is 32.5 Å². The molecule has 0 aromatic rings. The Morgan fingerprint density at radius 3 is 2.46 bits per heavy atom. The molecule has 1 fully saturated rings. The van der Waals surface area contributed by atoms with Gasteiger partial charge >= 0.3 is 5.97 Å². The van der Waals surface area contributed by atoms with Crippen molar-refractivity contribution in [2.24, 2.45) is 0 Å². The zero-order valence-electron chi connectivity index (χ0n) is 8.67. The Bertz CT molecular complexity index is 111. The minimum absolute atomic E-state index is 0.0255. The van der Waals surface area contributed by atoms with Crippen LogP contribution in [0.25, 0.3) is 0 Å². The zero-order chi connectivity index (χ0) is 9.94. The van der Waals surface area contributed by atoms with E-state index in [9.17, 15) is 4.79 Å². The van der Waals surface area contributed by atoms with Crippen LogP contribution in [0.5, 0.6) is 0 Å². The van der Waals surface area contributed by atoms with Crippen molar-refractivity contribution in [2.75, 3.05) is 19.8 Å². The number of carbonyl (C=O) groups excluding carboxylic acids is 1. The van der Waals surface area contributed by atoms with Gasteiger partial charge in [0, 0.05) is 19.6 Å². The maximum absolute atomic E-state index is 10.5. The predicted molar refractivity (Wildman–Crippen MR) is 51.6 cm³/mol. The van der Waals surface area contributed by atoms with E-state index < -0.39 is 0 Å². The summed E-state index contributed by atoms with van der Waals surface area (Å²) in [6.45, 7) is 6.30. The molecule has 1 heterocycles. The number of esters is 1. The lowest BCUT2D eigenvalue weighted by Gasteiger charge is -1.93. The van der Waals surface area contributed by atoms with E-state index in [0.29, 0.717) is 13.0 Å². The molecule has 0 aromatic heterocycles. The molecular weight excluding hydrogens is 168 g/mol. The van der Waals surface area contributed by atoms with Crippen molar-refractivity contribution >= 4 is 5.97 Å². The molecule has 0 N–H and O–H groups in total. The molecule has 0 aromatic carbocycles. The summed E-state index contributed by atoms with van der Waals surface area (Å²) in [6, 6.07) is 0. The molecule has 0 atom stereocenters. The first-order chi connectivity index (χ1) is 6.31. The molecule has 1 aliphatic heterocycles. The Hall–Kier alpha value is -0.570. The van der Waals surface area contributed by atoms with Gasteiger partial charge in [0.05, 0.1) is 6.61 Å². The monoisotopic (exact) mass is 188 g/mol. The lowest BCUT2D eigenvalue weighted by molar-refractivity contribution is -0.142. The summed E-state index contributed by atoms with van der Waals surface area (Å²) in [6.07, 6.45) is 3.83. The summed E-state index contributed by atoms with van der Waals surface area (Å²) in [5.41, 5.74) is 0. The summed E-state index contributed by atoms with van der Waals surface area (Å²) >= 11 is 0. The lowest BCUT2D eigenvalue weighted by atomic mass is 10.2.